The Kier molecular flexibility index (Phi) is 3.64. The van der Waals surface area contributed by atoms with E-state index in [1.165, 1.54) is 6.20 Å². The van der Waals surface area contributed by atoms with Crippen molar-refractivity contribution in [1.29, 1.82) is 0 Å². The van der Waals surface area contributed by atoms with Gasteiger partial charge in [-0.15, -0.1) is 0 Å². The topological polar surface area (TPSA) is 92.6 Å². The number of anilines is 3. The SMILES string of the molecule is CNc1cc2nc3c(cnn13)C(=O)NCCOc1cc(C)cc(c1)N2. The molecule has 3 heterocycles. The number of nitrogens with one attached hydrogen (secondary N) is 3. The highest BCUT2D eigenvalue weighted by Crippen LogP contribution is 2.26. The van der Waals surface area contributed by atoms with Gasteiger partial charge in [0.2, 0.25) is 0 Å². The molecular formula is C17H18N6O2. The van der Waals surface area contributed by atoms with Gasteiger partial charge in [-0.2, -0.15) is 9.61 Å². The second-order valence-electron chi connectivity index (χ2n) is 5.83. The van der Waals surface area contributed by atoms with Crippen LogP contribution in [-0.2, 0) is 0 Å². The van der Waals surface area contributed by atoms with Crippen LogP contribution in [0.1, 0.15) is 15.9 Å². The van der Waals surface area contributed by atoms with Crippen molar-refractivity contribution < 1.29 is 9.53 Å². The number of hydrogen-bond acceptors (Lipinski definition) is 6. The lowest BCUT2D eigenvalue weighted by atomic mass is 10.2. The van der Waals surface area contributed by atoms with Crippen molar-refractivity contribution in [2.45, 2.75) is 6.92 Å². The lowest BCUT2D eigenvalue weighted by molar-refractivity contribution is 0.0948. The average molecular weight is 338 g/mol. The monoisotopic (exact) mass is 338 g/mol. The van der Waals surface area contributed by atoms with E-state index < -0.39 is 0 Å². The van der Waals surface area contributed by atoms with Crippen LogP contribution in [0.4, 0.5) is 17.3 Å². The van der Waals surface area contributed by atoms with E-state index in [9.17, 15) is 4.79 Å². The Morgan fingerprint density at radius 1 is 1.28 bits per heavy atom. The predicted molar refractivity (Wildman–Crippen MR) is 94.8 cm³/mol. The van der Waals surface area contributed by atoms with Crippen molar-refractivity contribution in [3.05, 3.63) is 41.6 Å². The zero-order valence-electron chi connectivity index (χ0n) is 14.0. The van der Waals surface area contributed by atoms with Crippen LogP contribution in [0.25, 0.3) is 5.65 Å². The summed E-state index contributed by atoms with van der Waals surface area (Å²) >= 11 is 0. The summed E-state index contributed by atoms with van der Waals surface area (Å²) < 4.78 is 7.35. The number of nitrogens with zero attached hydrogens (tertiary/aromatic N) is 3. The molecule has 0 atom stereocenters. The van der Waals surface area contributed by atoms with Gasteiger partial charge in [0.05, 0.1) is 12.7 Å². The second kappa shape index (κ2) is 5.97. The van der Waals surface area contributed by atoms with Crippen LogP contribution in [-0.4, -0.2) is 40.7 Å². The number of aromatic nitrogens is 3. The highest BCUT2D eigenvalue weighted by Gasteiger charge is 2.17. The van der Waals surface area contributed by atoms with Crippen molar-refractivity contribution in [2.75, 3.05) is 30.8 Å². The van der Waals surface area contributed by atoms with Gasteiger partial charge in [0.1, 0.15) is 29.6 Å². The average Bonchev–Trinajstić information content (AvgIpc) is 3.00. The minimum absolute atomic E-state index is 0.229. The zero-order chi connectivity index (χ0) is 17.4. The molecule has 0 radical (unpaired) electrons. The molecule has 1 aliphatic heterocycles. The van der Waals surface area contributed by atoms with E-state index >= 15 is 0 Å². The summed E-state index contributed by atoms with van der Waals surface area (Å²) in [4.78, 5) is 17.0. The van der Waals surface area contributed by atoms with Crippen molar-refractivity contribution in [3.8, 4) is 5.75 Å². The Bertz CT molecular complexity index is 965. The number of ether oxygens (including phenoxy) is 1. The van der Waals surface area contributed by atoms with Crippen LogP contribution in [0.15, 0.2) is 30.5 Å². The highest BCUT2D eigenvalue weighted by molar-refractivity contribution is 6.00. The lowest BCUT2D eigenvalue weighted by Gasteiger charge is -2.12. The standard InChI is InChI=1S/C17H18N6O2/c1-10-5-11-7-12(6-10)25-4-3-19-17(24)13-9-20-23-15(18-2)8-14(21-11)22-16(13)23/h5-9,18H,3-4H2,1-2H3,(H,19,24)(H,21,22). The lowest BCUT2D eigenvalue weighted by Crippen LogP contribution is -2.28. The second-order valence-corrected chi connectivity index (χ2v) is 5.83. The van der Waals surface area contributed by atoms with Crippen LogP contribution >= 0.6 is 0 Å². The molecule has 0 saturated heterocycles. The third kappa shape index (κ3) is 2.82. The first-order valence-electron chi connectivity index (χ1n) is 8.00. The van der Waals surface area contributed by atoms with E-state index in [2.05, 4.69) is 26.0 Å². The molecule has 1 aromatic carbocycles. The van der Waals surface area contributed by atoms with E-state index in [1.54, 1.807) is 11.6 Å². The summed E-state index contributed by atoms with van der Waals surface area (Å²) in [5.41, 5.74) is 2.84. The number of benzene rings is 1. The number of carbonyl (C=O) groups excluding carboxylic acids is 1. The van der Waals surface area contributed by atoms with E-state index in [1.807, 2.05) is 31.2 Å². The molecule has 4 rings (SSSR count). The van der Waals surface area contributed by atoms with E-state index in [0.717, 1.165) is 22.8 Å². The Morgan fingerprint density at radius 2 is 2.16 bits per heavy atom. The summed E-state index contributed by atoms with van der Waals surface area (Å²) in [5.74, 6) is 1.86. The van der Waals surface area contributed by atoms with Crippen molar-refractivity contribution in [3.63, 3.8) is 0 Å². The first kappa shape index (κ1) is 15.3. The largest absolute Gasteiger partial charge is 0.492 e. The van der Waals surface area contributed by atoms with Crippen LogP contribution < -0.4 is 20.7 Å². The molecule has 4 bridgehead atoms. The quantitative estimate of drug-likeness (QED) is 0.628. The van der Waals surface area contributed by atoms with Crippen LogP contribution in [0.5, 0.6) is 5.75 Å². The summed E-state index contributed by atoms with van der Waals surface area (Å²) in [6, 6.07) is 7.72. The molecule has 0 saturated carbocycles. The van der Waals surface area contributed by atoms with E-state index in [-0.39, 0.29) is 5.91 Å². The molecule has 3 N–H and O–H groups in total. The van der Waals surface area contributed by atoms with Crippen molar-refractivity contribution in [2.24, 2.45) is 0 Å². The fourth-order valence-corrected chi connectivity index (χ4v) is 2.85. The molecule has 128 valence electrons. The van der Waals surface area contributed by atoms with Gasteiger partial charge in [-0.1, -0.05) is 0 Å². The predicted octanol–water partition coefficient (Wildman–Crippen LogP) is 1.95. The van der Waals surface area contributed by atoms with Gasteiger partial charge in [0.15, 0.2) is 5.65 Å². The molecule has 8 nitrogen and oxygen atoms in total. The normalized spacial score (nSPS) is 13.9. The first-order valence-corrected chi connectivity index (χ1v) is 8.00. The number of hydrogen-bond donors (Lipinski definition) is 3. The molecule has 25 heavy (non-hydrogen) atoms. The molecule has 0 unspecified atom stereocenters. The van der Waals surface area contributed by atoms with E-state index in [0.29, 0.717) is 30.2 Å². The van der Waals surface area contributed by atoms with Crippen molar-refractivity contribution >= 4 is 28.9 Å². The maximum Gasteiger partial charge on any atom is 0.256 e. The minimum atomic E-state index is -0.229. The van der Waals surface area contributed by atoms with Gasteiger partial charge >= 0.3 is 0 Å². The van der Waals surface area contributed by atoms with Gasteiger partial charge in [-0.3, -0.25) is 4.79 Å². The fraction of sp³-hybridized carbons (Fsp3) is 0.235. The highest BCUT2D eigenvalue weighted by atomic mass is 16.5. The van der Waals surface area contributed by atoms with Crippen LogP contribution in [0, 0.1) is 6.92 Å². The third-order valence-corrected chi connectivity index (χ3v) is 3.95. The van der Waals surface area contributed by atoms with Gasteiger partial charge in [0, 0.05) is 24.9 Å². The van der Waals surface area contributed by atoms with Gasteiger partial charge < -0.3 is 20.7 Å². The Balaban J connectivity index is 1.89. The van der Waals surface area contributed by atoms with Crippen LogP contribution in [0.2, 0.25) is 0 Å². The smallest absolute Gasteiger partial charge is 0.256 e. The summed E-state index contributed by atoms with van der Waals surface area (Å²) in [6.45, 7) is 2.78. The number of carbonyl (C=O) groups is 1. The van der Waals surface area contributed by atoms with Gasteiger partial charge in [-0.25, -0.2) is 4.98 Å². The molecule has 0 aliphatic carbocycles. The first-order chi connectivity index (χ1) is 12.1. The third-order valence-electron chi connectivity index (χ3n) is 3.95. The molecular weight excluding hydrogens is 320 g/mol. The van der Waals surface area contributed by atoms with Gasteiger partial charge in [-0.05, 0) is 24.6 Å². The summed E-state index contributed by atoms with van der Waals surface area (Å²) in [7, 11) is 1.80. The van der Waals surface area contributed by atoms with Crippen LogP contribution in [0.3, 0.4) is 0 Å². The van der Waals surface area contributed by atoms with Gasteiger partial charge in [0.25, 0.3) is 5.91 Å². The maximum absolute atomic E-state index is 12.4. The number of aryl methyl sites for hydroxylation is 1. The molecule has 2 aromatic heterocycles. The fourth-order valence-electron chi connectivity index (χ4n) is 2.85. The number of amides is 1. The Morgan fingerprint density at radius 3 is 3.00 bits per heavy atom. The Labute approximate surface area is 144 Å². The molecule has 8 heteroatoms. The zero-order valence-corrected chi connectivity index (χ0v) is 14.0. The minimum Gasteiger partial charge on any atom is -0.492 e. The molecule has 1 amide bonds. The molecule has 3 aromatic rings. The number of fused-ring (bicyclic) bond motifs is 3. The maximum atomic E-state index is 12.4. The molecule has 0 fully saturated rings. The van der Waals surface area contributed by atoms with E-state index in [4.69, 9.17) is 4.74 Å². The molecule has 1 aliphatic rings. The molecule has 0 spiro atoms. The number of rotatable bonds is 1. The summed E-state index contributed by atoms with van der Waals surface area (Å²) in [5, 5.41) is 13.5. The Hall–Kier alpha value is -3.29. The van der Waals surface area contributed by atoms with Crippen molar-refractivity contribution in [1.82, 2.24) is 19.9 Å². The summed E-state index contributed by atoms with van der Waals surface area (Å²) in [6.07, 6.45) is 1.52.